The number of hydrogen-bond donors (Lipinski definition) is 2. The Morgan fingerprint density at radius 1 is 1.67 bits per heavy atom. The van der Waals surface area contributed by atoms with E-state index in [2.05, 4.69) is 5.32 Å². The van der Waals surface area contributed by atoms with Gasteiger partial charge in [0.25, 0.3) is 0 Å². The van der Waals surface area contributed by atoms with Gasteiger partial charge in [0.05, 0.1) is 6.04 Å². The molecule has 0 aromatic heterocycles. The van der Waals surface area contributed by atoms with Crippen LogP contribution in [0.4, 0.5) is 0 Å². The van der Waals surface area contributed by atoms with Gasteiger partial charge in [0.15, 0.2) is 0 Å². The lowest BCUT2D eigenvalue weighted by Crippen LogP contribution is -2.55. The van der Waals surface area contributed by atoms with Crippen LogP contribution in [0.3, 0.4) is 0 Å². The van der Waals surface area contributed by atoms with Crippen molar-refractivity contribution in [2.45, 2.75) is 38.8 Å². The fourth-order valence-corrected chi connectivity index (χ4v) is 1.80. The van der Waals surface area contributed by atoms with Crippen molar-refractivity contribution in [3.63, 3.8) is 0 Å². The van der Waals surface area contributed by atoms with Gasteiger partial charge in [-0.25, -0.2) is 0 Å². The van der Waals surface area contributed by atoms with Crippen molar-refractivity contribution in [3.05, 3.63) is 0 Å². The number of amides is 2. The second kappa shape index (κ2) is 4.18. The summed E-state index contributed by atoms with van der Waals surface area (Å²) in [6.45, 7) is 6.66. The summed E-state index contributed by atoms with van der Waals surface area (Å²) in [5.41, 5.74) is 4.39. The molecule has 0 bridgehead atoms. The van der Waals surface area contributed by atoms with E-state index in [4.69, 9.17) is 5.73 Å². The summed E-state index contributed by atoms with van der Waals surface area (Å²) in [6.07, 6.45) is 0.739. The smallest absolute Gasteiger partial charge is 0.242 e. The lowest BCUT2D eigenvalue weighted by molar-refractivity contribution is -0.141. The van der Waals surface area contributed by atoms with Gasteiger partial charge in [-0.3, -0.25) is 9.59 Å². The van der Waals surface area contributed by atoms with E-state index < -0.39 is 11.4 Å². The summed E-state index contributed by atoms with van der Waals surface area (Å²) in [6, 6.07) is -0.159. The fourth-order valence-electron chi connectivity index (χ4n) is 1.80. The Kier molecular flexibility index (Phi) is 3.34. The Morgan fingerprint density at radius 3 is 2.73 bits per heavy atom. The molecule has 1 aliphatic rings. The Morgan fingerprint density at radius 2 is 2.27 bits per heavy atom. The van der Waals surface area contributed by atoms with E-state index in [1.165, 1.54) is 0 Å². The maximum atomic E-state index is 11.9. The molecule has 0 saturated carbocycles. The molecule has 1 unspecified atom stereocenters. The summed E-state index contributed by atoms with van der Waals surface area (Å²) >= 11 is 0. The van der Waals surface area contributed by atoms with Crippen molar-refractivity contribution in [3.8, 4) is 0 Å². The van der Waals surface area contributed by atoms with Crippen LogP contribution in [-0.2, 0) is 9.59 Å². The molecule has 0 aliphatic carbocycles. The molecule has 0 aromatic carbocycles. The highest BCUT2D eigenvalue weighted by Gasteiger charge is 2.42. The van der Waals surface area contributed by atoms with Crippen LogP contribution in [0.15, 0.2) is 0 Å². The molecule has 1 heterocycles. The number of primary amides is 1. The lowest BCUT2D eigenvalue weighted by atomic mass is 10.0. The van der Waals surface area contributed by atoms with E-state index in [0.717, 1.165) is 13.0 Å². The standard InChI is InChI=1S/C10H19N3O2/c1-4-12-7-5-6-13(8(7)14)10(2,3)9(11)15/h7,12H,4-6H2,1-3H3,(H2,11,15). The quantitative estimate of drug-likeness (QED) is 0.658. The van der Waals surface area contributed by atoms with E-state index in [9.17, 15) is 9.59 Å². The monoisotopic (exact) mass is 213 g/mol. The van der Waals surface area contributed by atoms with Crippen molar-refractivity contribution in [1.29, 1.82) is 0 Å². The predicted molar refractivity (Wildman–Crippen MR) is 57.1 cm³/mol. The fraction of sp³-hybridized carbons (Fsp3) is 0.800. The average molecular weight is 213 g/mol. The molecule has 15 heavy (non-hydrogen) atoms. The minimum Gasteiger partial charge on any atom is -0.368 e. The molecule has 1 saturated heterocycles. The van der Waals surface area contributed by atoms with Gasteiger partial charge < -0.3 is 16.0 Å². The van der Waals surface area contributed by atoms with Gasteiger partial charge in [0.2, 0.25) is 11.8 Å². The van der Waals surface area contributed by atoms with Gasteiger partial charge >= 0.3 is 0 Å². The molecule has 1 aliphatic heterocycles. The molecule has 5 heteroatoms. The van der Waals surface area contributed by atoms with Crippen LogP contribution in [0.2, 0.25) is 0 Å². The summed E-state index contributed by atoms with van der Waals surface area (Å²) in [5, 5.41) is 3.09. The summed E-state index contributed by atoms with van der Waals surface area (Å²) in [4.78, 5) is 24.7. The first-order chi connectivity index (χ1) is 6.91. The van der Waals surface area contributed by atoms with Crippen LogP contribution in [0.25, 0.3) is 0 Å². The third-order valence-electron chi connectivity index (χ3n) is 2.93. The SMILES string of the molecule is CCNC1CCN(C(C)(C)C(N)=O)C1=O. The highest BCUT2D eigenvalue weighted by atomic mass is 16.2. The highest BCUT2D eigenvalue weighted by molar-refractivity contribution is 5.92. The maximum absolute atomic E-state index is 11.9. The number of likely N-dealkylation sites (N-methyl/N-ethyl adjacent to an activating group) is 1. The van der Waals surface area contributed by atoms with E-state index in [0.29, 0.717) is 6.54 Å². The molecule has 0 aromatic rings. The molecule has 86 valence electrons. The normalized spacial score (nSPS) is 22.2. The molecule has 0 radical (unpaired) electrons. The largest absolute Gasteiger partial charge is 0.368 e. The van der Waals surface area contributed by atoms with Crippen LogP contribution in [0.5, 0.6) is 0 Å². The minimum atomic E-state index is -0.888. The number of rotatable bonds is 4. The van der Waals surface area contributed by atoms with Gasteiger partial charge in [-0.2, -0.15) is 0 Å². The molecule has 3 N–H and O–H groups in total. The second-order valence-electron chi connectivity index (χ2n) is 4.31. The highest BCUT2D eigenvalue weighted by Crippen LogP contribution is 2.22. The number of nitrogens with one attached hydrogen (secondary N) is 1. The Balaban J connectivity index is 2.75. The zero-order valence-corrected chi connectivity index (χ0v) is 9.54. The summed E-state index contributed by atoms with van der Waals surface area (Å²) < 4.78 is 0. The number of hydrogen-bond acceptors (Lipinski definition) is 3. The van der Waals surface area contributed by atoms with Gasteiger partial charge in [-0.15, -0.1) is 0 Å². The zero-order valence-electron chi connectivity index (χ0n) is 9.54. The van der Waals surface area contributed by atoms with Crippen LogP contribution in [-0.4, -0.2) is 41.4 Å². The molecule has 5 nitrogen and oxygen atoms in total. The van der Waals surface area contributed by atoms with E-state index in [1.54, 1.807) is 18.7 Å². The van der Waals surface area contributed by atoms with Crippen molar-refractivity contribution in [2.24, 2.45) is 5.73 Å². The van der Waals surface area contributed by atoms with Crippen molar-refractivity contribution in [2.75, 3.05) is 13.1 Å². The molecular formula is C10H19N3O2. The zero-order chi connectivity index (χ0) is 11.6. The summed E-state index contributed by atoms with van der Waals surface area (Å²) in [5.74, 6) is -0.492. The third-order valence-corrected chi connectivity index (χ3v) is 2.93. The average Bonchev–Trinajstić information content (AvgIpc) is 2.49. The third kappa shape index (κ3) is 2.12. The molecule has 0 spiro atoms. The van der Waals surface area contributed by atoms with Crippen molar-refractivity contribution in [1.82, 2.24) is 10.2 Å². The van der Waals surface area contributed by atoms with E-state index >= 15 is 0 Å². The molecule has 1 atom stereocenters. The maximum Gasteiger partial charge on any atom is 0.242 e. The van der Waals surface area contributed by atoms with E-state index in [-0.39, 0.29) is 11.9 Å². The number of nitrogens with zero attached hydrogens (tertiary/aromatic N) is 1. The molecular weight excluding hydrogens is 194 g/mol. The van der Waals surface area contributed by atoms with Crippen LogP contribution in [0, 0.1) is 0 Å². The topological polar surface area (TPSA) is 75.4 Å². The van der Waals surface area contributed by atoms with Crippen LogP contribution < -0.4 is 11.1 Å². The van der Waals surface area contributed by atoms with Gasteiger partial charge in [0, 0.05) is 6.54 Å². The van der Waals surface area contributed by atoms with Crippen LogP contribution >= 0.6 is 0 Å². The van der Waals surface area contributed by atoms with Gasteiger partial charge in [-0.1, -0.05) is 6.92 Å². The molecule has 2 amide bonds. The predicted octanol–water partition coefficient (Wildman–Crippen LogP) is -0.539. The van der Waals surface area contributed by atoms with Gasteiger partial charge in [0.1, 0.15) is 5.54 Å². The lowest BCUT2D eigenvalue weighted by Gasteiger charge is -2.32. The molecule has 1 rings (SSSR count). The second-order valence-corrected chi connectivity index (χ2v) is 4.31. The Hall–Kier alpha value is -1.10. The van der Waals surface area contributed by atoms with Crippen molar-refractivity contribution >= 4 is 11.8 Å². The Labute approximate surface area is 90.0 Å². The first-order valence-corrected chi connectivity index (χ1v) is 5.26. The van der Waals surface area contributed by atoms with Crippen LogP contribution in [0.1, 0.15) is 27.2 Å². The minimum absolute atomic E-state index is 0.0272. The number of likely N-dealkylation sites (tertiary alicyclic amines) is 1. The number of nitrogens with two attached hydrogens (primary N) is 1. The van der Waals surface area contributed by atoms with Gasteiger partial charge in [-0.05, 0) is 26.8 Å². The number of carbonyl (C=O) groups is 2. The first kappa shape index (κ1) is 12.0. The Bertz CT molecular complexity index is 276. The summed E-state index contributed by atoms with van der Waals surface area (Å²) in [7, 11) is 0. The van der Waals surface area contributed by atoms with Crippen molar-refractivity contribution < 1.29 is 9.59 Å². The molecule has 1 fully saturated rings. The number of carbonyl (C=O) groups excluding carboxylic acids is 2. The van der Waals surface area contributed by atoms with E-state index in [1.807, 2.05) is 6.92 Å². The first-order valence-electron chi connectivity index (χ1n) is 5.26.